The number of ether oxygens (including phenoxy) is 2. The number of aryl methyl sites for hydroxylation is 2. The topological polar surface area (TPSA) is 49.2 Å². The van der Waals surface area contributed by atoms with Gasteiger partial charge in [-0.25, -0.2) is 4.98 Å². The van der Waals surface area contributed by atoms with Crippen LogP contribution in [0.15, 0.2) is 85.1 Å². The fraction of sp³-hybridized carbons (Fsp3) is 0.185. The van der Waals surface area contributed by atoms with Gasteiger partial charge in [0.2, 0.25) is 0 Å². The highest BCUT2D eigenvalue weighted by atomic mass is 16.5. The molecule has 0 radical (unpaired) electrons. The van der Waals surface area contributed by atoms with E-state index in [1.54, 1.807) is 7.11 Å². The molecular weight excluding hydrogens is 398 g/mol. The summed E-state index contributed by atoms with van der Waals surface area (Å²) in [6, 6.07) is 26.8. The number of nitrogens with zero attached hydrogens (tertiary/aromatic N) is 3. The van der Waals surface area contributed by atoms with Crippen LogP contribution >= 0.6 is 0 Å². The highest BCUT2D eigenvalue weighted by Gasteiger charge is 2.15. The molecule has 160 valence electrons. The highest BCUT2D eigenvalue weighted by molar-refractivity contribution is 6.02. The molecule has 5 heteroatoms. The van der Waals surface area contributed by atoms with Crippen LogP contribution in [-0.4, -0.2) is 21.6 Å². The second-order valence-corrected chi connectivity index (χ2v) is 7.79. The van der Waals surface area contributed by atoms with Crippen molar-refractivity contribution in [3.8, 4) is 5.75 Å². The largest absolute Gasteiger partial charge is 0.489 e. The summed E-state index contributed by atoms with van der Waals surface area (Å²) in [5.74, 6) is 1.72. The first-order valence-electron chi connectivity index (χ1n) is 10.8. The average Bonchev–Trinajstić information content (AvgIpc) is 3.20. The number of fused-ring (bicyclic) bond motifs is 3. The summed E-state index contributed by atoms with van der Waals surface area (Å²) in [5.41, 5.74) is 5.31. The fourth-order valence-corrected chi connectivity index (χ4v) is 4.04. The summed E-state index contributed by atoms with van der Waals surface area (Å²) in [6.45, 7) is 1.81. The van der Waals surface area contributed by atoms with Crippen LogP contribution in [-0.2, 0) is 30.9 Å². The third-order valence-corrected chi connectivity index (χ3v) is 5.61. The van der Waals surface area contributed by atoms with Crippen LogP contribution in [0.2, 0.25) is 0 Å². The van der Waals surface area contributed by atoms with Crippen molar-refractivity contribution < 1.29 is 9.47 Å². The minimum atomic E-state index is 0.462. The number of hydrogen-bond acceptors (Lipinski definition) is 4. The van der Waals surface area contributed by atoms with E-state index in [4.69, 9.17) is 14.5 Å². The van der Waals surface area contributed by atoms with Crippen LogP contribution in [0, 0.1) is 0 Å². The Morgan fingerprint density at radius 2 is 1.56 bits per heavy atom. The molecule has 2 aromatic heterocycles. The first kappa shape index (κ1) is 20.2. The molecule has 0 N–H and O–H groups in total. The molecule has 0 saturated carbocycles. The number of hydrogen-bond donors (Lipinski definition) is 0. The lowest BCUT2D eigenvalue weighted by Gasteiger charge is -2.11. The second-order valence-electron chi connectivity index (χ2n) is 7.79. The molecule has 2 heterocycles. The van der Waals surface area contributed by atoms with E-state index in [0.29, 0.717) is 13.2 Å². The van der Waals surface area contributed by atoms with Crippen molar-refractivity contribution in [1.82, 2.24) is 14.5 Å². The molecule has 0 atom stereocenters. The lowest BCUT2D eigenvalue weighted by atomic mass is 10.1. The van der Waals surface area contributed by atoms with Crippen LogP contribution in [0.4, 0.5) is 0 Å². The lowest BCUT2D eigenvalue weighted by molar-refractivity contribution is 0.174. The minimum Gasteiger partial charge on any atom is -0.489 e. The molecule has 5 rings (SSSR count). The molecule has 5 aromatic rings. The first-order valence-corrected chi connectivity index (χ1v) is 10.8. The SMILES string of the molecule is COCc1nc2cnc3cc(OCc4ccccc4)ccc3c2n1CCc1ccccc1. The first-order chi connectivity index (χ1) is 15.8. The molecule has 0 unspecified atom stereocenters. The van der Waals surface area contributed by atoms with Crippen molar-refractivity contribution in [1.29, 1.82) is 0 Å². The molecule has 0 fully saturated rings. The van der Waals surface area contributed by atoms with Crippen molar-refractivity contribution in [3.63, 3.8) is 0 Å². The maximum atomic E-state index is 6.01. The quantitative estimate of drug-likeness (QED) is 0.328. The van der Waals surface area contributed by atoms with Crippen LogP contribution in [0.3, 0.4) is 0 Å². The zero-order chi connectivity index (χ0) is 21.8. The van der Waals surface area contributed by atoms with Crippen LogP contribution in [0.5, 0.6) is 5.75 Å². The monoisotopic (exact) mass is 423 g/mol. The molecule has 0 spiro atoms. The summed E-state index contributed by atoms with van der Waals surface area (Å²) in [7, 11) is 1.70. The third kappa shape index (κ3) is 4.20. The summed E-state index contributed by atoms with van der Waals surface area (Å²) >= 11 is 0. The van der Waals surface area contributed by atoms with Crippen molar-refractivity contribution >= 4 is 21.9 Å². The van der Waals surface area contributed by atoms with Gasteiger partial charge in [-0.2, -0.15) is 0 Å². The minimum absolute atomic E-state index is 0.462. The van der Waals surface area contributed by atoms with E-state index in [0.717, 1.165) is 52.0 Å². The Labute approximate surface area is 187 Å². The lowest BCUT2D eigenvalue weighted by Crippen LogP contribution is -2.07. The predicted octanol–water partition coefficient (Wildman–Crippen LogP) is 5.55. The number of rotatable bonds is 8. The van der Waals surface area contributed by atoms with Gasteiger partial charge in [0.05, 0.1) is 17.2 Å². The van der Waals surface area contributed by atoms with E-state index in [9.17, 15) is 0 Å². The number of benzene rings is 3. The van der Waals surface area contributed by atoms with Gasteiger partial charge in [-0.3, -0.25) is 4.98 Å². The number of imidazole rings is 1. The molecular formula is C27H25N3O2. The van der Waals surface area contributed by atoms with E-state index in [2.05, 4.69) is 52.0 Å². The van der Waals surface area contributed by atoms with Crippen LogP contribution < -0.4 is 4.74 Å². The van der Waals surface area contributed by atoms with Crippen molar-refractivity contribution in [2.45, 2.75) is 26.2 Å². The molecule has 32 heavy (non-hydrogen) atoms. The normalized spacial score (nSPS) is 11.3. The number of pyridine rings is 1. The van der Waals surface area contributed by atoms with E-state index >= 15 is 0 Å². The van der Waals surface area contributed by atoms with E-state index in [-0.39, 0.29) is 0 Å². The molecule has 0 aliphatic heterocycles. The summed E-state index contributed by atoms with van der Waals surface area (Å²) in [5, 5.41) is 1.07. The molecule has 0 amide bonds. The Morgan fingerprint density at radius 3 is 2.31 bits per heavy atom. The van der Waals surface area contributed by atoms with Crippen molar-refractivity contribution in [3.05, 3.63) is 102 Å². The smallest absolute Gasteiger partial charge is 0.136 e. The Morgan fingerprint density at radius 1 is 0.812 bits per heavy atom. The van der Waals surface area contributed by atoms with Gasteiger partial charge in [0.15, 0.2) is 0 Å². The fourth-order valence-electron chi connectivity index (χ4n) is 4.04. The standard InChI is InChI=1S/C27H25N3O2/c1-31-19-26-29-25-17-28-24-16-22(32-18-21-10-6-3-7-11-21)12-13-23(24)27(25)30(26)15-14-20-8-4-2-5-9-20/h2-13,16-17H,14-15,18-19H2,1H3. The zero-order valence-electron chi connectivity index (χ0n) is 18.1. The Balaban J connectivity index is 1.49. The van der Waals surface area contributed by atoms with E-state index in [1.165, 1.54) is 5.56 Å². The number of aromatic nitrogens is 3. The van der Waals surface area contributed by atoms with Gasteiger partial charge in [-0.05, 0) is 29.7 Å². The third-order valence-electron chi connectivity index (χ3n) is 5.61. The van der Waals surface area contributed by atoms with E-state index < -0.39 is 0 Å². The van der Waals surface area contributed by atoms with Gasteiger partial charge in [-0.1, -0.05) is 60.7 Å². The van der Waals surface area contributed by atoms with Gasteiger partial charge in [0.1, 0.15) is 30.3 Å². The van der Waals surface area contributed by atoms with Gasteiger partial charge in [0.25, 0.3) is 0 Å². The van der Waals surface area contributed by atoms with Crippen molar-refractivity contribution in [2.24, 2.45) is 0 Å². The van der Waals surface area contributed by atoms with E-state index in [1.807, 2.05) is 42.6 Å². The maximum absolute atomic E-state index is 6.01. The molecule has 3 aromatic carbocycles. The molecule has 5 nitrogen and oxygen atoms in total. The van der Waals surface area contributed by atoms with Gasteiger partial charge in [-0.15, -0.1) is 0 Å². The Hall–Kier alpha value is -3.70. The maximum Gasteiger partial charge on any atom is 0.136 e. The van der Waals surface area contributed by atoms with Gasteiger partial charge >= 0.3 is 0 Å². The highest BCUT2D eigenvalue weighted by Crippen LogP contribution is 2.28. The van der Waals surface area contributed by atoms with Gasteiger partial charge in [0, 0.05) is 25.1 Å². The molecule has 0 saturated heterocycles. The predicted molar refractivity (Wildman–Crippen MR) is 127 cm³/mol. The summed E-state index contributed by atoms with van der Waals surface area (Å²) < 4.78 is 13.7. The second kappa shape index (κ2) is 9.20. The Bertz CT molecular complexity index is 1330. The molecule has 0 aliphatic rings. The van der Waals surface area contributed by atoms with Crippen LogP contribution in [0.25, 0.3) is 21.9 Å². The summed E-state index contributed by atoms with van der Waals surface area (Å²) in [4.78, 5) is 9.47. The summed E-state index contributed by atoms with van der Waals surface area (Å²) in [6.07, 6.45) is 2.77. The van der Waals surface area contributed by atoms with Crippen LogP contribution in [0.1, 0.15) is 17.0 Å². The zero-order valence-corrected chi connectivity index (χ0v) is 18.1. The van der Waals surface area contributed by atoms with Crippen molar-refractivity contribution in [2.75, 3.05) is 7.11 Å². The number of methoxy groups -OCH3 is 1. The molecule has 0 aliphatic carbocycles. The molecule has 0 bridgehead atoms. The van der Waals surface area contributed by atoms with Gasteiger partial charge < -0.3 is 14.0 Å². The average molecular weight is 424 g/mol. The Kier molecular flexibility index (Phi) is 5.81.